The molecule has 1 aromatic heterocycles. The van der Waals surface area contributed by atoms with Gasteiger partial charge in [0.25, 0.3) is 5.19 Å². The molecule has 3 aromatic rings. The van der Waals surface area contributed by atoms with Gasteiger partial charge in [0.1, 0.15) is 11.6 Å². The Morgan fingerprint density at radius 1 is 1.27 bits per heavy atom. The van der Waals surface area contributed by atoms with Crippen molar-refractivity contribution >= 4 is 27.5 Å². The third-order valence-corrected chi connectivity index (χ3v) is 4.00. The summed E-state index contributed by atoms with van der Waals surface area (Å²) in [5.41, 5.74) is 1.61. The van der Waals surface area contributed by atoms with E-state index in [0.29, 0.717) is 22.9 Å². The summed E-state index contributed by atoms with van der Waals surface area (Å²) in [5.74, 6) is 0.295. The fourth-order valence-electron chi connectivity index (χ4n) is 1.97. The number of hydrogen-bond acceptors (Lipinski definition) is 4. The minimum absolute atomic E-state index is 0.0399. The van der Waals surface area contributed by atoms with E-state index in [1.165, 1.54) is 23.5 Å². The Balaban J connectivity index is 1.75. The van der Waals surface area contributed by atoms with Gasteiger partial charge in [0.15, 0.2) is 0 Å². The average molecular weight is 316 g/mol. The lowest BCUT2D eigenvalue weighted by molar-refractivity contribution is -0.119. The molecule has 0 aliphatic heterocycles. The van der Waals surface area contributed by atoms with Crippen molar-refractivity contribution in [3.63, 3.8) is 0 Å². The van der Waals surface area contributed by atoms with Crippen molar-refractivity contribution in [3.05, 3.63) is 53.8 Å². The number of hydrogen-bond donors (Lipinski definition) is 1. The van der Waals surface area contributed by atoms with Gasteiger partial charge in [-0.3, -0.25) is 4.79 Å². The molecule has 1 heterocycles. The highest BCUT2D eigenvalue weighted by Crippen LogP contribution is 2.31. The highest BCUT2D eigenvalue weighted by Gasteiger charge is 2.07. The van der Waals surface area contributed by atoms with Crippen molar-refractivity contribution < 1.29 is 13.9 Å². The molecule has 0 bridgehead atoms. The molecule has 6 heteroatoms. The minimum atomic E-state index is -0.291. The first kappa shape index (κ1) is 14.5. The third-order valence-electron chi connectivity index (χ3n) is 3.10. The Labute approximate surface area is 130 Å². The predicted octanol–water partition coefficient (Wildman–Crippen LogP) is 3.52. The van der Waals surface area contributed by atoms with Crippen LogP contribution in [0.2, 0.25) is 0 Å². The van der Waals surface area contributed by atoms with Crippen molar-refractivity contribution in [2.24, 2.45) is 0 Å². The number of amides is 1. The van der Waals surface area contributed by atoms with Crippen LogP contribution < -0.4 is 10.1 Å². The topological polar surface area (TPSA) is 51.2 Å². The number of fused-ring (bicyclic) bond motifs is 1. The van der Waals surface area contributed by atoms with Crippen LogP contribution >= 0.6 is 11.3 Å². The maximum atomic E-state index is 13.2. The van der Waals surface area contributed by atoms with Gasteiger partial charge in [0.05, 0.1) is 16.6 Å². The summed E-state index contributed by atoms with van der Waals surface area (Å²) in [5, 5.41) is 3.04. The number of benzene rings is 2. The van der Waals surface area contributed by atoms with E-state index in [0.717, 1.165) is 10.3 Å². The van der Waals surface area contributed by atoms with Gasteiger partial charge in [0.2, 0.25) is 5.91 Å². The molecule has 0 saturated carbocycles. The van der Waals surface area contributed by atoms with Crippen LogP contribution in [0.25, 0.3) is 10.2 Å². The maximum Gasteiger partial charge on any atom is 0.279 e. The van der Waals surface area contributed by atoms with E-state index in [-0.39, 0.29) is 11.7 Å². The smallest absolute Gasteiger partial charge is 0.279 e. The van der Waals surface area contributed by atoms with E-state index in [1.807, 2.05) is 12.1 Å². The fourth-order valence-corrected chi connectivity index (χ4v) is 2.83. The molecular weight excluding hydrogens is 303 g/mol. The quantitative estimate of drug-likeness (QED) is 0.801. The van der Waals surface area contributed by atoms with Crippen LogP contribution in [0, 0.1) is 5.82 Å². The lowest BCUT2D eigenvalue weighted by Gasteiger charge is -2.03. The third kappa shape index (κ3) is 3.23. The van der Waals surface area contributed by atoms with E-state index in [2.05, 4.69) is 10.3 Å². The molecule has 0 fully saturated rings. The monoisotopic (exact) mass is 316 g/mol. The number of carbonyl (C=O) groups excluding carboxylic acids is 1. The Hall–Kier alpha value is -2.47. The molecule has 1 N–H and O–H groups in total. The van der Waals surface area contributed by atoms with Crippen LogP contribution in [-0.2, 0) is 11.2 Å². The molecular formula is C16H13FN2O2S. The second kappa shape index (κ2) is 6.11. The normalized spacial score (nSPS) is 10.6. The number of nitrogens with zero attached hydrogens (tertiary/aromatic N) is 1. The molecule has 0 aliphatic carbocycles. The Kier molecular flexibility index (Phi) is 4.02. The number of nitrogens with one attached hydrogen (secondary N) is 1. The summed E-state index contributed by atoms with van der Waals surface area (Å²) in [4.78, 5) is 15.6. The molecule has 0 aliphatic rings. The van der Waals surface area contributed by atoms with Crippen LogP contribution in [0.15, 0.2) is 42.5 Å². The highest BCUT2D eigenvalue weighted by molar-refractivity contribution is 7.20. The number of rotatable bonds is 4. The number of likely N-dealkylation sites (N-methyl/N-ethyl adjacent to an activating group) is 1. The number of ether oxygens (including phenoxy) is 1. The van der Waals surface area contributed by atoms with Gasteiger partial charge in [0, 0.05) is 7.05 Å². The van der Waals surface area contributed by atoms with E-state index < -0.39 is 0 Å². The van der Waals surface area contributed by atoms with Gasteiger partial charge in [-0.15, -0.1) is 0 Å². The molecule has 0 spiro atoms. The van der Waals surface area contributed by atoms with Crippen LogP contribution in [0.5, 0.6) is 10.9 Å². The average Bonchev–Trinajstić information content (AvgIpc) is 2.90. The number of aromatic nitrogens is 1. The second-order valence-corrected chi connectivity index (χ2v) is 5.68. The van der Waals surface area contributed by atoms with Gasteiger partial charge in [-0.1, -0.05) is 23.5 Å². The van der Waals surface area contributed by atoms with Gasteiger partial charge >= 0.3 is 0 Å². The van der Waals surface area contributed by atoms with Gasteiger partial charge in [-0.25, -0.2) is 9.37 Å². The fraction of sp³-hybridized carbons (Fsp3) is 0.125. The lowest BCUT2D eigenvalue weighted by Crippen LogP contribution is -2.19. The van der Waals surface area contributed by atoms with Gasteiger partial charge in [-0.05, 0) is 35.9 Å². The second-order valence-electron chi connectivity index (χ2n) is 4.69. The summed E-state index contributed by atoms with van der Waals surface area (Å²) in [6.45, 7) is 0. The van der Waals surface area contributed by atoms with Crippen LogP contribution in [0.3, 0.4) is 0 Å². The highest BCUT2D eigenvalue weighted by atomic mass is 32.1. The molecule has 22 heavy (non-hydrogen) atoms. The largest absolute Gasteiger partial charge is 0.431 e. The maximum absolute atomic E-state index is 13.2. The minimum Gasteiger partial charge on any atom is -0.431 e. The summed E-state index contributed by atoms with van der Waals surface area (Å²) in [6.07, 6.45) is 0.331. The van der Waals surface area contributed by atoms with Crippen molar-refractivity contribution in [1.82, 2.24) is 10.3 Å². The Morgan fingerprint density at radius 3 is 2.77 bits per heavy atom. The van der Waals surface area contributed by atoms with Crippen LogP contribution in [-0.4, -0.2) is 17.9 Å². The van der Waals surface area contributed by atoms with Crippen LogP contribution in [0.4, 0.5) is 4.39 Å². The van der Waals surface area contributed by atoms with E-state index in [1.54, 1.807) is 25.2 Å². The van der Waals surface area contributed by atoms with Crippen molar-refractivity contribution in [3.8, 4) is 10.9 Å². The summed E-state index contributed by atoms with van der Waals surface area (Å²) in [7, 11) is 1.61. The molecule has 0 saturated heterocycles. The van der Waals surface area contributed by atoms with Gasteiger partial charge in [-0.2, -0.15) is 0 Å². The molecule has 1 amide bonds. The van der Waals surface area contributed by atoms with Crippen LogP contribution in [0.1, 0.15) is 5.56 Å². The number of carbonyl (C=O) groups is 1. The zero-order chi connectivity index (χ0) is 15.5. The first-order valence-corrected chi connectivity index (χ1v) is 7.49. The van der Waals surface area contributed by atoms with Crippen molar-refractivity contribution in [2.45, 2.75) is 6.42 Å². The molecule has 0 atom stereocenters. The molecule has 0 radical (unpaired) electrons. The molecule has 3 rings (SSSR count). The predicted molar refractivity (Wildman–Crippen MR) is 83.9 cm³/mol. The summed E-state index contributed by atoms with van der Waals surface area (Å²) in [6, 6.07) is 11.7. The van der Waals surface area contributed by atoms with E-state index in [9.17, 15) is 9.18 Å². The number of thiazole rings is 1. The van der Waals surface area contributed by atoms with Crippen molar-refractivity contribution in [2.75, 3.05) is 7.05 Å². The zero-order valence-electron chi connectivity index (χ0n) is 11.8. The summed E-state index contributed by atoms with van der Waals surface area (Å²) < 4.78 is 19.6. The Bertz CT molecular complexity index is 815. The Morgan fingerprint density at radius 2 is 2.05 bits per heavy atom. The zero-order valence-corrected chi connectivity index (χ0v) is 12.6. The standard InChI is InChI=1S/C16H13FN2O2S/c1-18-15(20)8-10-2-5-12(6-3-10)21-16-19-13-7-4-11(17)9-14(13)22-16/h2-7,9H,8H2,1H3,(H,18,20). The lowest BCUT2D eigenvalue weighted by atomic mass is 10.1. The molecule has 0 unspecified atom stereocenters. The first-order valence-electron chi connectivity index (χ1n) is 6.67. The first-order chi connectivity index (χ1) is 10.6. The summed E-state index contributed by atoms with van der Waals surface area (Å²) >= 11 is 1.29. The SMILES string of the molecule is CNC(=O)Cc1ccc(Oc2nc3ccc(F)cc3s2)cc1. The van der Waals surface area contributed by atoms with E-state index >= 15 is 0 Å². The number of halogens is 1. The van der Waals surface area contributed by atoms with Crippen molar-refractivity contribution in [1.29, 1.82) is 0 Å². The van der Waals surface area contributed by atoms with E-state index in [4.69, 9.17) is 4.74 Å². The van der Waals surface area contributed by atoms with Gasteiger partial charge < -0.3 is 10.1 Å². The molecule has 2 aromatic carbocycles. The molecule has 4 nitrogen and oxygen atoms in total. The molecule has 112 valence electrons.